The van der Waals surface area contributed by atoms with Crippen LogP contribution in [0, 0.1) is 0 Å². The molecule has 5 atom stereocenters. The molecule has 1 fully saturated rings. The summed E-state index contributed by atoms with van der Waals surface area (Å²) in [6, 6.07) is 7.96. The van der Waals surface area contributed by atoms with Crippen LogP contribution < -0.4 is 20.9 Å². The number of esters is 1. The van der Waals surface area contributed by atoms with Crippen LogP contribution in [0.25, 0.3) is 0 Å². The normalized spacial score (nSPS) is 24.6. The second-order valence-electron chi connectivity index (χ2n) is 8.19. The number of aliphatic hydroxyl groups is 2. The summed E-state index contributed by atoms with van der Waals surface area (Å²) in [5.74, 6) is -0.513. The molecule has 14 heteroatoms. The topological polar surface area (TPSA) is 178 Å². The lowest BCUT2D eigenvalue weighted by molar-refractivity contribution is -0.149. The van der Waals surface area contributed by atoms with Crippen molar-refractivity contribution in [3.63, 3.8) is 0 Å². The summed E-state index contributed by atoms with van der Waals surface area (Å²) in [5.41, 5.74) is -3.86. The number of benzene rings is 1. The van der Waals surface area contributed by atoms with Crippen molar-refractivity contribution in [1.82, 2.24) is 14.6 Å². The first-order valence-corrected chi connectivity index (χ1v) is 12.3. The smallest absolute Gasteiger partial charge is 0.459 e. The van der Waals surface area contributed by atoms with Gasteiger partial charge in [0, 0.05) is 12.3 Å². The average molecular weight is 513 g/mol. The fourth-order valence-electron chi connectivity index (χ4n) is 3.28. The molecule has 4 N–H and O–H groups in total. The van der Waals surface area contributed by atoms with E-state index in [1.807, 2.05) is 4.98 Å². The number of hydrogen-bond acceptors (Lipinski definition) is 10. The molecule has 0 aliphatic carbocycles. The molecule has 0 spiro atoms. The van der Waals surface area contributed by atoms with E-state index in [-0.39, 0.29) is 5.75 Å². The zero-order chi connectivity index (χ0) is 25.8. The van der Waals surface area contributed by atoms with Gasteiger partial charge in [0.25, 0.3) is 5.56 Å². The summed E-state index contributed by atoms with van der Waals surface area (Å²) in [5, 5.41) is 24.0. The Kier molecular flexibility index (Phi) is 8.31. The Bertz CT molecular complexity index is 1180. The molecule has 0 bridgehead atoms. The van der Waals surface area contributed by atoms with Crippen molar-refractivity contribution in [1.29, 1.82) is 0 Å². The zero-order valence-electron chi connectivity index (χ0n) is 19.3. The Labute approximate surface area is 200 Å². The van der Waals surface area contributed by atoms with Crippen LogP contribution in [0.3, 0.4) is 0 Å². The maximum atomic E-state index is 13.5. The van der Waals surface area contributed by atoms with Gasteiger partial charge in [0.15, 0.2) is 5.72 Å². The number of carbonyl (C=O) groups excluding carboxylic acids is 1. The first kappa shape index (κ1) is 26.8. The summed E-state index contributed by atoms with van der Waals surface area (Å²) < 4.78 is 35.7. The zero-order valence-corrected chi connectivity index (χ0v) is 20.2. The molecule has 2 heterocycles. The third-order valence-corrected chi connectivity index (χ3v) is 6.66. The second kappa shape index (κ2) is 10.9. The maximum absolute atomic E-state index is 13.5. The van der Waals surface area contributed by atoms with Gasteiger partial charge in [-0.15, -0.1) is 0 Å². The first-order chi connectivity index (χ1) is 16.4. The molecule has 192 valence electrons. The van der Waals surface area contributed by atoms with Gasteiger partial charge in [0.2, 0.25) is 0 Å². The fourth-order valence-corrected chi connectivity index (χ4v) is 4.79. The maximum Gasteiger partial charge on any atom is 0.459 e. The molecule has 2 aromatic rings. The number of carbonyl (C=O) groups is 1. The summed E-state index contributed by atoms with van der Waals surface area (Å²) in [6.07, 6.45) is -2.34. The van der Waals surface area contributed by atoms with Gasteiger partial charge in [-0.3, -0.25) is 23.7 Å². The predicted octanol–water partition coefficient (Wildman–Crippen LogP) is 0.0748. The Hall–Kier alpha value is -2.80. The molecule has 1 aliphatic rings. The number of hydrogen-bond donors (Lipinski definition) is 4. The van der Waals surface area contributed by atoms with Crippen LogP contribution in [-0.4, -0.2) is 63.3 Å². The highest BCUT2D eigenvalue weighted by Crippen LogP contribution is 2.45. The van der Waals surface area contributed by atoms with E-state index in [0.717, 1.165) is 16.8 Å². The Morgan fingerprint density at radius 3 is 2.60 bits per heavy atom. The van der Waals surface area contributed by atoms with Gasteiger partial charge in [-0.05, 0) is 32.9 Å². The Balaban J connectivity index is 1.76. The minimum Gasteiger partial charge on any atom is -0.462 e. The van der Waals surface area contributed by atoms with Gasteiger partial charge in [-0.1, -0.05) is 18.2 Å². The van der Waals surface area contributed by atoms with Gasteiger partial charge >= 0.3 is 19.4 Å². The van der Waals surface area contributed by atoms with Gasteiger partial charge in [-0.25, -0.2) is 9.36 Å². The van der Waals surface area contributed by atoms with Crippen LogP contribution in [0.1, 0.15) is 20.8 Å². The van der Waals surface area contributed by atoms with E-state index in [9.17, 15) is 29.2 Å². The minimum atomic E-state index is -4.24. The van der Waals surface area contributed by atoms with Crippen LogP contribution in [0.5, 0.6) is 5.75 Å². The quantitative estimate of drug-likeness (QED) is 0.250. The molecule has 1 aliphatic heterocycles. The molecular formula is C21H28N3O10P. The van der Waals surface area contributed by atoms with E-state index < -0.39 is 68.3 Å². The molecule has 0 saturated carbocycles. The van der Waals surface area contributed by atoms with Gasteiger partial charge < -0.3 is 24.2 Å². The lowest BCUT2D eigenvalue weighted by atomic mass is 10.1. The largest absolute Gasteiger partial charge is 0.462 e. The van der Waals surface area contributed by atoms with Gasteiger partial charge in [-0.2, -0.15) is 5.09 Å². The Morgan fingerprint density at radius 2 is 1.97 bits per heavy atom. The molecule has 0 radical (unpaired) electrons. The summed E-state index contributed by atoms with van der Waals surface area (Å²) in [4.78, 5) is 37.6. The molecule has 3 rings (SSSR count). The van der Waals surface area contributed by atoms with E-state index in [4.69, 9.17) is 18.5 Å². The van der Waals surface area contributed by atoms with E-state index in [0.29, 0.717) is 0 Å². The van der Waals surface area contributed by atoms with Crippen LogP contribution in [-0.2, 0) is 29.1 Å². The average Bonchev–Trinajstić information content (AvgIpc) is 3.07. The van der Waals surface area contributed by atoms with Crippen molar-refractivity contribution in [2.75, 3.05) is 13.2 Å². The third-order valence-electron chi connectivity index (χ3n) is 5.01. The second-order valence-corrected chi connectivity index (χ2v) is 9.88. The van der Waals surface area contributed by atoms with Gasteiger partial charge in [0.1, 0.15) is 24.0 Å². The lowest BCUT2D eigenvalue weighted by Crippen LogP contribution is -2.52. The van der Waals surface area contributed by atoms with E-state index in [2.05, 4.69) is 5.09 Å². The lowest BCUT2D eigenvalue weighted by Gasteiger charge is -2.28. The van der Waals surface area contributed by atoms with Crippen molar-refractivity contribution in [2.45, 2.75) is 50.8 Å². The third kappa shape index (κ3) is 6.45. The highest BCUT2D eigenvalue weighted by Gasteiger charge is 2.51. The monoisotopic (exact) mass is 513 g/mol. The summed E-state index contributed by atoms with van der Waals surface area (Å²) >= 11 is 0. The Morgan fingerprint density at radius 1 is 1.29 bits per heavy atom. The molecule has 1 saturated heterocycles. The molecular weight excluding hydrogens is 485 g/mol. The van der Waals surface area contributed by atoms with Crippen LogP contribution in [0.4, 0.5) is 0 Å². The molecule has 1 unspecified atom stereocenters. The molecule has 13 nitrogen and oxygen atoms in total. The van der Waals surface area contributed by atoms with Crippen molar-refractivity contribution >= 4 is 13.7 Å². The highest BCUT2D eigenvalue weighted by molar-refractivity contribution is 7.52. The number of ether oxygens (including phenoxy) is 2. The highest BCUT2D eigenvalue weighted by atomic mass is 31.2. The minimum absolute atomic E-state index is 0.178. The summed E-state index contributed by atoms with van der Waals surface area (Å²) in [7, 11) is -4.24. The number of nitrogens with zero attached hydrogens (tertiary/aromatic N) is 1. The number of nitrogens with one attached hydrogen (secondary N) is 2. The van der Waals surface area contributed by atoms with E-state index >= 15 is 0 Å². The van der Waals surface area contributed by atoms with Crippen LogP contribution >= 0.6 is 7.75 Å². The van der Waals surface area contributed by atoms with Crippen molar-refractivity contribution in [2.24, 2.45) is 0 Å². The number of rotatable bonds is 10. The number of aliphatic hydroxyl groups excluding tert-OH is 1. The fraction of sp³-hybridized carbons (Fsp3) is 0.476. The summed E-state index contributed by atoms with van der Waals surface area (Å²) in [6.45, 7) is 3.66. The molecule has 35 heavy (non-hydrogen) atoms. The first-order valence-electron chi connectivity index (χ1n) is 10.8. The standard InChI is InChI=1S/C21H28N3O10P/c1-13(2)33-19(27)14(3)23-35(30,34-15-7-5-4-6-8-15)32-11-16-18(26)21(29,12-31-16)24-10-9-17(25)22-20(24)28/h4-10,13-14,16,18,26,29H,11-12H2,1-3H3,(H,23,30)(H,22,25,28)/t14-,16-,18-,21+,35?/m1/s1. The number of aromatic amines is 1. The molecule has 0 amide bonds. The van der Waals surface area contributed by atoms with E-state index in [1.165, 1.54) is 19.1 Å². The SMILES string of the molecule is CC(C)OC(=O)[C@@H](C)NP(=O)(OC[C@H]1OC[C@@](O)(n2ccc(=O)[nH]c2=O)[C@@H]1O)Oc1ccccc1. The van der Waals surface area contributed by atoms with Gasteiger partial charge in [0.05, 0.1) is 19.3 Å². The predicted molar refractivity (Wildman–Crippen MR) is 122 cm³/mol. The van der Waals surface area contributed by atoms with Crippen molar-refractivity contribution < 1.29 is 38.1 Å². The molecule has 1 aromatic heterocycles. The number of H-pyrrole nitrogens is 1. The van der Waals surface area contributed by atoms with Crippen molar-refractivity contribution in [3.05, 3.63) is 63.4 Å². The number of para-hydroxylation sites is 1. The van der Waals surface area contributed by atoms with Crippen LogP contribution in [0.15, 0.2) is 52.2 Å². The van der Waals surface area contributed by atoms with E-state index in [1.54, 1.807) is 32.0 Å². The molecule has 1 aromatic carbocycles. The number of aromatic nitrogens is 2. The van der Waals surface area contributed by atoms with Crippen molar-refractivity contribution in [3.8, 4) is 5.75 Å². The van der Waals surface area contributed by atoms with Crippen LogP contribution in [0.2, 0.25) is 0 Å².